The van der Waals surface area contributed by atoms with Crippen molar-refractivity contribution in [1.29, 1.82) is 0 Å². The second-order valence-corrected chi connectivity index (χ2v) is 7.49. The van der Waals surface area contributed by atoms with Crippen molar-refractivity contribution >= 4 is 21.9 Å². The minimum atomic E-state index is -2.84. The average molecular weight is 404 g/mol. The zero-order valence-electron chi connectivity index (χ0n) is 13.1. The van der Waals surface area contributed by atoms with Crippen LogP contribution in [-0.4, -0.2) is 36.2 Å². The van der Waals surface area contributed by atoms with Gasteiger partial charge in [0.25, 0.3) is 0 Å². The van der Waals surface area contributed by atoms with Crippen molar-refractivity contribution in [3.63, 3.8) is 0 Å². The molecule has 2 N–H and O–H groups in total. The largest absolute Gasteiger partial charge is 0.479 e. The minimum Gasteiger partial charge on any atom is -0.479 e. The highest BCUT2D eigenvalue weighted by atomic mass is 79.9. The van der Waals surface area contributed by atoms with Crippen LogP contribution in [-0.2, 0) is 15.1 Å². The van der Waals surface area contributed by atoms with Gasteiger partial charge in [-0.3, -0.25) is 0 Å². The summed E-state index contributed by atoms with van der Waals surface area (Å²) in [5, 5.41) is 13.2. The molecule has 4 nitrogen and oxygen atoms in total. The molecule has 0 unspecified atom stereocenters. The van der Waals surface area contributed by atoms with Crippen molar-refractivity contribution in [3.05, 3.63) is 34.3 Å². The molecule has 1 saturated heterocycles. The third-order valence-corrected chi connectivity index (χ3v) is 5.47. The zero-order valence-corrected chi connectivity index (χ0v) is 14.7. The van der Waals surface area contributed by atoms with Crippen LogP contribution in [0.5, 0.6) is 0 Å². The van der Waals surface area contributed by atoms with Gasteiger partial charge in [-0.15, -0.1) is 0 Å². The Labute approximate surface area is 147 Å². The van der Waals surface area contributed by atoms with Gasteiger partial charge in [0, 0.05) is 29.8 Å². The third-order valence-electron chi connectivity index (χ3n) is 4.94. The number of rotatable bonds is 5. The van der Waals surface area contributed by atoms with Crippen LogP contribution in [0.15, 0.2) is 28.7 Å². The second kappa shape index (κ2) is 6.69. The monoisotopic (exact) mass is 403 g/mol. The topological polar surface area (TPSA) is 58.6 Å². The first-order valence-corrected chi connectivity index (χ1v) is 8.88. The van der Waals surface area contributed by atoms with E-state index in [4.69, 9.17) is 4.74 Å². The van der Waals surface area contributed by atoms with E-state index in [9.17, 15) is 18.7 Å². The molecule has 0 radical (unpaired) electrons. The van der Waals surface area contributed by atoms with Crippen LogP contribution in [0.1, 0.15) is 31.2 Å². The summed E-state index contributed by atoms with van der Waals surface area (Å²) in [6.45, 7) is 1.27. The second-order valence-electron chi connectivity index (χ2n) is 6.58. The highest BCUT2D eigenvalue weighted by Crippen LogP contribution is 2.50. The number of hydrogen-bond donors (Lipinski definition) is 2. The van der Waals surface area contributed by atoms with Gasteiger partial charge in [-0.25, -0.2) is 13.6 Å². The number of nitrogens with one attached hydrogen (secondary N) is 1. The summed E-state index contributed by atoms with van der Waals surface area (Å²) < 4.78 is 34.5. The molecular weight excluding hydrogens is 384 g/mol. The first kappa shape index (κ1) is 17.8. The molecule has 1 saturated carbocycles. The molecule has 1 aliphatic heterocycles. The van der Waals surface area contributed by atoms with Crippen molar-refractivity contribution in [3.8, 4) is 0 Å². The van der Waals surface area contributed by atoms with E-state index in [0.717, 1.165) is 11.0 Å². The van der Waals surface area contributed by atoms with Crippen molar-refractivity contribution in [1.82, 2.24) is 5.32 Å². The predicted molar refractivity (Wildman–Crippen MR) is 88.1 cm³/mol. The molecule has 1 aromatic rings. The summed E-state index contributed by atoms with van der Waals surface area (Å²) in [5.74, 6) is -4.79. The van der Waals surface area contributed by atoms with E-state index in [0.29, 0.717) is 18.5 Å². The lowest BCUT2D eigenvalue weighted by Crippen LogP contribution is -2.48. The van der Waals surface area contributed by atoms with Crippen LogP contribution in [0.2, 0.25) is 0 Å². The molecule has 132 valence electrons. The number of benzene rings is 1. The summed E-state index contributed by atoms with van der Waals surface area (Å²) >= 11 is 3.32. The number of carboxylic acids is 1. The van der Waals surface area contributed by atoms with E-state index >= 15 is 0 Å². The van der Waals surface area contributed by atoms with E-state index < -0.39 is 29.8 Å². The standard InChI is InChI=1S/C17H20BrF2NO3/c18-13-3-1-11(2-4-13)17(15(22)23,24-14-6-8-21-10-14)12-5-7-16(19,20)9-12/h1-4,12,14,21H,5-10H2,(H,22,23)/t12-,14+,17+/m1/s1. The summed E-state index contributed by atoms with van der Waals surface area (Å²) in [7, 11) is 0. The molecule has 0 spiro atoms. The van der Waals surface area contributed by atoms with E-state index in [1.165, 1.54) is 0 Å². The Morgan fingerprint density at radius 1 is 1.33 bits per heavy atom. The Bertz CT molecular complexity index is 604. The number of aliphatic carboxylic acids is 1. The third kappa shape index (κ3) is 3.34. The average Bonchev–Trinajstić information content (AvgIpc) is 3.15. The zero-order chi connectivity index (χ0) is 17.4. The Kier molecular flexibility index (Phi) is 4.95. The molecule has 3 rings (SSSR count). The number of alkyl halides is 2. The van der Waals surface area contributed by atoms with Crippen molar-refractivity contribution in [2.75, 3.05) is 13.1 Å². The van der Waals surface area contributed by atoms with E-state index in [-0.39, 0.29) is 18.9 Å². The molecular formula is C17H20BrF2NO3. The van der Waals surface area contributed by atoms with Gasteiger partial charge in [-0.2, -0.15) is 0 Å². The molecule has 2 aliphatic rings. The van der Waals surface area contributed by atoms with Gasteiger partial charge in [0.15, 0.2) is 5.60 Å². The van der Waals surface area contributed by atoms with E-state index in [1.54, 1.807) is 24.3 Å². The molecule has 7 heteroatoms. The number of halogens is 3. The van der Waals surface area contributed by atoms with Crippen LogP contribution >= 0.6 is 15.9 Å². The molecule has 0 aromatic heterocycles. The highest BCUT2D eigenvalue weighted by molar-refractivity contribution is 9.10. The molecule has 0 bridgehead atoms. The lowest BCUT2D eigenvalue weighted by atomic mass is 9.79. The summed E-state index contributed by atoms with van der Waals surface area (Å²) in [4.78, 5) is 12.3. The molecule has 1 aliphatic carbocycles. The van der Waals surface area contributed by atoms with Gasteiger partial charge in [-0.05, 0) is 37.1 Å². The van der Waals surface area contributed by atoms with E-state index in [2.05, 4.69) is 21.2 Å². The lowest BCUT2D eigenvalue weighted by Gasteiger charge is -2.37. The van der Waals surface area contributed by atoms with Gasteiger partial charge in [0.05, 0.1) is 6.10 Å². The fourth-order valence-electron chi connectivity index (χ4n) is 3.73. The molecule has 1 aromatic carbocycles. The predicted octanol–water partition coefficient (Wildman–Crippen LogP) is 3.54. The number of carboxylic acid groups (broad SMARTS) is 1. The number of hydrogen-bond acceptors (Lipinski definition) is 3. The lowest BCUT2D eigenvalue weighted by molar-refractivity contribution is -0.188. The molecule has 2 fully saturated rings. The fourth-order valence-corrected chi connectivity index (χ4v) is 4.00. The van der Waals surface area contributed by atoms with Crippen LogP contribution in [0.3, 0.4) is 0 Å². The Morgan fingerprint density at radius 2 is 2.04 bits per heavy atom. The first-order chi connectivity index (χ1) is 11.3. The smallest absolute Gasteiger partial charge is 0.340 e. The van der Waals surface area contributed by atoms with Crippen LogP contribution < -0.4 is 5.32 Å². The SMILES string of the molecule is O=C(O)[C@](O[C@H]1CCNC1)(c1ccc(Br)cc1)[C@@H]1CCC(F)(F)C1. The Balaban J connectivity index is 2.02. The maximum absolute atomic E-state index is 13.8. The molecule has 24 heavy (non-hydrogen) atoms. The van der Waals surface area contributed by atoms with Crippen molar-refractivity contribution in [2.24, 2.45) is 5.92 Å². The quantitative estimate of drug-likeness (QED) is 0.789. The first-order valence-electron chi connectivity index (χ1n) is 8.09. The summed E-state index contributed by atoms with van der Waals surface area (Å²) in [5.41, 5.74) is -1.31. The summed E-state index contributed by atoms with van der Waals surface area (Å²) in [6.07, 6.45) is -0.242. The van der Waals surface area contributed by atoms with Crippen molar-refractivity contribution in [2.45, 2.75) is 43.3 Å². The van der Waals surface area contributed by atoms with Gasteiger partial charge < -0.3 is 15.2 Å². The van der Waals surface area contributed by atoms with Crippen LogP contribution in [0.4, 0.5) is 8.78 Å². The fraction of sp³-hybridized carbons (Fsp3) is 0.588. The minimum absolute atomic E-state index is 0.134. The van der Waals surface area contributed by atoms with Crippen LogP contribution in [0.25, 0.3) is 0 Å². The van der Waals surface area contributed by atoms with Crippen LogP contribution in [0, 0.1) is 5.92 Å². The maximum Gasteiger partial charge on any atom is 0.340 e. The molecule has 0 amide bonds. The Morgan fingerprint density at radius 3 is 2.54 bits per heavy atom. The number of carbonyl (C=O) groups is 1. The van der Waals surface area contributed by atoms with Gasteiger partial charge in [-0.1, -0.05) is 28.1 Å². The maximum atomic E-state index is 13.8. The van der Waals surface area contributed by atoms with E-state index in [1.807, 2.05) is 0 Å². The van der Waals surface area contributed by atoms with Gasteiger partial charge >= 0.3 is 5.97 Å². The normalized spacial score (nSPS) is 28.6. The van der Waals surface area contributed by atoms with Gasteiger partial charge in [0.1, 0.15) is 0 Å². The van der Waals surface area contributed by atoms with Gasteiger partial charge in [0.2, 0.25) is 5.92 Å². The molecule has 3 atom stereocenters. The molecule has 1 heterocycles. The summed E-state index contributed by atoms with van der Waals surface area (Å²) in [6, 6.07) is 6.74. The Hall–Kier alpha value is -1.05. The van der Waals surface area contributed by atoms with Crippen molar-refractivity contribution < 1.29 is 23.4 Å². The number of ether oxygens (including phenoxy) is 1. The highest BCUT2D eigenvalue weighted by Gasteiger charge is 2.56.